The highest BCUT2D eigenvalue weighted by Gasteiger charge is 2.21. The van der Waals surface area contributed by atoms with Gasteiger partial charge in [-0.3, -0.25) is 9.78 Å². The summed E-state index contributed by atoms with van der Waals surface area (Å²) in [6.07, 6.45) is 1.62. The average Bonchev–Trinajstić information content (AvgIpc) is 2.76. The molecule has 0 fully saturated rings. The molecule has 2 heterocycles. The molecule has 0 atom stereocenters. The summed E-state index contributed by atoms with van der Waals surface area (Å²) in [4.78, 5) is 18.2. The van der Waals surface area contributed by atoms with E-state index in [4.69, 9.17) is 15.9 Å². The summed E-state index contributed by atoms with van der Waals surface area (Å²) in [5, 5.41) is 17.9. The minimum absolute atomic E-state index is 0.158. The van der Waals surface area contributed by atoms with Gasteiger partial charge in [-0.05, 0) is 12.1 Å². The number of nitrogens with zero attached hydrogens (tertiary/aromatic N) is 2. The molecule has 0 saturated heterocycles. The van der Waals surface area contributed by atoms with E-state index in [2.05, 4.69) is 4.98 Å². The molecular formula is C12H15N3O3S. The molecule has 0 bridgehead atoms. The van der Waals surface area contributed by atoms with E-state index in [0.717, 1.165) is 4.70 Å². The minimum Gasteiger partial charge on any atom is -0.396 e. The maximum absolute atomic E-state index is 12.3. The average molecular weight is 281 g/mol. The molecule has 7 heteroatoms. The summed E-state index contributed by atoms with van der Waals surface area (Å²) in [5.74, 6) is -0.288. The number of hydrogen-bond donors (Lipinski definition) is 3. The van der Waals surface area contributed by atoms with Crippen molar-refractivity contribution in [3.63, 3.8) is 0 Å². The van der Waals surface area contributed by atoms with Crippen LogP contribution in [0.4, 0.5) is 5.69 Å². The summed E-state index contributed by atoms with van der Waals surface area (Å²) in [6.45, 7) is 0.0184. The Kier molecular flexibility index (Phi) is 4.31. The van der Waals surface area contributed by atoms with Gasteiger partial charge in [0.2, 0.25) is 0 Å². The van der Waals surface area contributed by atoms with Gasteiger partial charge >= 0.3 is 0 Å². The highest BCUT2D eigenvalue weighted by atomic mass is 32.1. The number of amides is 1. The number of nitrogen functional groups attached to an aromatic ring is 1. The van der Waals surface area contributed by atoms with Gasteiger partial charge < -0.3 is 20.8 Å². The lowest BCUT2D eigenvalue weighted by atomic mass is 10.3. The largest absolute Gasteiger partial charge is 0.396 e. The molecule has 2 aromatic heterocycles. The van der Waals surface area contributed by atoms with E-state index in [1.165, 1.54) is 16.2 Å². The molecule has 0 aliphatic carbocycles. The van der Waals surface area contributed by atoms with Crippen molar-refractivity contribution in [2.45, 2.75) is 0 Å². The molecule has 1 amide bonds. The van der Waals surface area contributed by atoms with Crippen LogP contribution in [0, 0.1) is 0 Å². The Morgan fingerprint density at radius 3 is 2.63 bits per heavy atom. The van der Waals surface area contributed by atoms with Crippen molar-refractivity contribution in [3.8, 4) is 0 Å². The second kappa shape index (κ2) is 5.96. The first-order valence-corrected chi connectivity index (χ1v) is 6.64. The topological polar surface area (TPSA) is 99.7 Å². The third kappa shape index (κ3) is 2.67. The minimum atomic E-state index is -0.288. The van der Waals surface area contributed by atoms with Crippen molar-refractivity contribution >= 4 is 33.1 Å². The number of carbonyl (C=O) groups is 1. The van der Waals surface area contributed by atoms with E-state index in [0.29, 0.717) is 16.1 Å². The molecule has 0 spiro atoms. The Hall–Kier alpha value is -1.70. The molecular weight excluding hydrogens is 266 g/mol. The number of rotatable bonds is 5. The lowest BCUT2D eigenvalue weighted by Crippen LogP contribution is -2.35. The number of hydrogen-bond acceptors (Lipinski definition) is 6. The van der Waals surface area contributed by atoms with Gasteiger partial charge in [0.1, 0.15) is 10.4 Å². The Balaban J connectivity index is 2.37. The van der Waals surface area contributed by atoms with Gasteiger partial charge in [-0.1, -0.05) is 0 Å². The maximum Gasteiger partial charge on any atom is 0.266 e. The molecule has 2 aromatic rings. The van der Waals surface area contributed by atoms with Crippen LogP contribution in [0.25, 0.3) is 10.2 Å². The monoisotopic (exact) mass is 281 g/mol. The third-order valence-electron chi connectivity index (χ3n) is 2.70. The van der Waals surface area contributed by atoms with Crippen LogP contribution >= 0.6 is 11.3 Å². The fourth-order valence-electron chi connectivity index (χ4n) is 1.81. The third-order valence-corrected chi connectivity index (χ3v) is 3.85. The number of aliphatic hydroxyl groups excluding tert-OH is 2. The number of aromatic nitrogens is 1. The van der Waals surface area contributed by atoms with Crippen LogP contribution in [-0.4, -0.2) is 52.3 Å². The van der Waals surface area contributed by atoms with Crippen LogP contribution in [0.3, 0.4) is 0 Å². The van der Waals surface area contributed by atoms with E-state index in [1.807, 2.05) is 6.07 Å². The number of fused-ring (bicyclic) bond motifs is 1. The van der Waals surface area contributed by atoms with E-state index >= 15 is 0 Å². The van der Waals surface area contributed by atoms with Crippen LogP contribution in [0.2, 0.25) is 0 Å². The Morgan fingerprint density at radius 1 is 1.37 bits per heavy atom. The van der Waals surface area contributed by atoms with Gasteiger partial charge in [0.15, 0.2) is 0 Å². The van der Waals surface area contributed by atoms with E-state index < -0.39 is 0 Å². The van der Waals surface area contributed by atoms with Crippen molar-refractivity contribution in [3.05, 3.63) is 23.2 Å². The van der Waals surface area contributed by atoms with Crippen molar-refractivity contribution in [1.82, 2.24) is 9.88 Å². The summed E-state index contributed by atoms with van der Waals surface area (Å²) < 4.78 is 0.844. The summed E-state index contributed by atoms with van der Waals surface area (Å²) >= 11 is 1.27. The van der Waals surface area contributed by atoms with Crippen LogP contribution < -0.4 is 5.73 Å². The zero-order valence-electron chi connectivity index (χ0n) is 10.2. The highest BCUT2D eigenvalue weighted by molar-refractivity contribution is 7.21. The lowest BCUT2D eigenvalue weighted by Gasteiger charge is -2.19. The number of pyridine rings is 1. The Morgan fingerprint density at radius 2 is 2.05 bits per heavy atom. The van der Waals surface area contributed by atoms with Crippen molar-refractivity contribution in [2.24, 2.45) is 0 Å². The number of anilines is 1. The Labute approximate surface area is 114 Å². The number of nitrogens with two attached hydrogens (primary N) is 1. The molecule has 0 saturated carbocycles. The quantitative estimate of drug-likeness (QED) is 0.732. The van der Waals surface area contributed by atoms with Gasteiger partial charge in [0, 0.05) is 19.3 Å². The lowest BCUT2D eigenvalue weighted by molar-refractivity contribution is 0.0690. The second-order valence-electron chi connectivity index (χ2n) is 3.93. The normalized spacial score (nSPS) is 10.8. The summed E-state index contributed by atoms with van der Waals surface area (Å²) in [5.41, 5.74) is 6.91. The molecule has 0 aromatic carbocycles. The van der Waals surface area contributed by atoms with Crippen LogP contribution in [0.1, 0.15) is 9.67 Å². The first-order valence-electron chi connectivity index (χ1n) is 5.83. The predicted molar refractivity (Wildman–Crippen MR) is 74.1 cm³/mol. The molecule has 0 aliphatic heterocycles. The maximum atomic E-state index is 12.3. The molecule has 19 heavy (non-hydrogen) atoms. The molecule has 0 radical (unpaired) electrons. The molecule has 0 unspecified atom stereocenters. The Bertz CT molecular complexity index is 579. The highest BCUT2D eigenvalue weighted by Crippen LogP contribution is 2.32. The summed E-state index contributed by atoms with van der Waals surface area (Å²) in [7, 11) is 0. The number of thiophene rings is 1. The first-order chi connectivity index (χ1) is 9.19. The van der Waals surface area contributed by atoms with Gasteiger partial charge in [-0.25, -0.2) is 0 Å². The van der Waals surface area contributed by atoms with Crippen LogP contribution in [0.5, 0.6) is 0 Å². The fourth-order valence-corrected chi connectivity index (χ4v) is 2.86. The van der Waals surface area contributed by atoms with Gasteiger partial charge in [-0.15, -0.1) is 11.3 Å². The molecule has 4 N–H and O–H groups in total. The SMILES string of the molecule is Nc1c(C(=O)N(CCO)CCO)sc2cccnc12. The predicted octanol–water partition coefficient (Wildman–Crippen LogP) is 0.305. The van der Waals surface area contributed by atoms with Gasteiger partial charge in [0.05, 0.1) is 23.6 Å². The van der Waals surface area contributed by atoms with Crippen molar-refractivity contribution < 1.29 is 15.0 Å². The van der Waals surface area contributed by atoms with E-state index in [9.17, 15) is 4.79 Å². The zero-order valence-corrected chi connectivity index (χ0v) is 11.1. The van der Waals surface area contributed by atoms with E-state index in [-0.39, 0.29) is 32.2 Å². The summed E-state index contributed by atoms with van der Waals surface area (Å²) in [6, 6.07) is 3.63. The van der Waals surface area contributed by atoms with Crippen LogP contribution in [-0.2, 0) is 0 Å². The number of aliphatic hydroxyl groups is 2. The van der Waals surface area contributed by atoms with E-state index in [1.54, 1.807) is 12.3 Å². The second-order valence-corrected chi connectivity index (χ2v) is 4.99. The van der Waals surface area contributed by atoms with Crippen molar-refractivity contribution in [1.29, 1.82) is 0 Å². The molecule has 6 nitrogen and oxygen atoms in total. The number of carbonyl (C=O) groups excluding carboxylic acids is 1. The zero-order chi connectivity index (χ0) is 13.8. The smallest absolute Gasteiger partial charge is 0.266 e. The van der Waals surface area contributed by atoms with Gasteiger partial charge in [-0.2, -0.15) is 0 Å². The first kappa shape index (κ1) is 13.7. The molecule has 0 aliphatic rings. The van der Waals surface area contributed by atoms with Crippen molar-refractivity contribution in [2.75, 3.05) is 32.0 Å². The van der Waals surface area contributed by atoms with Gasteiger partial charge in [0.25, 0.3) is 5.91 Å². The molecule has 2 rings (SSSR count). The fraction of sp³-hybridized carbons (Fsp3) is 0.333. The van der Waals surface area contributed by atoms with Crippen LogP contribution in [0.15, 0.2) is 18.3 Å². The molecule has 102 valence electrons. The standard InChI is InChI=1S/C12H15N3O3S/c13-9-10-8(2-1-3-14-10)19-11(9)12(18)15(4-6-16)5-7-17/h1-3,16-17H,4-7,13H2.